The van der Waals surface area contributed by atoms with Crippen molar-refractivity contribution in [3.05, 3.63) is 29.8 Å². The largest absolute Gasteiger partial charge is 0.295 e. The van der Waals surface area contributed by atoms with Crippen LogP contribution >= 0.6 is 0 Å². The molecule has 0 radical (unpaired) electrons. The molecule has 1 aliphatic rings. The summed E-state index contributed by atoms with van der Waals surface area (Å²) < 4.78 is 27.3. The second-order valence-electron chi connectivity index (χ2n) is 5.62. The van der Waals surface area contributed by atoms with Gasteiger partial charge in [0.2, 0.25) is 10.0 Å². The topological polar surface area (TPSA) is 63.2 Å². The van der Waals surface area contributed by atoms with Crippen LogP contribution in [0, 0.1) is 5.41 Å². The Balaban J connectivity index is 2.14. The molecular formula is C15H21NO3S. The van der Waals surface area contributed by atoms with Crippen molar-refractivity contribution in [2.24, 2.45) is 5.41 Å². The van der Waals surface area contributed by atoms with Crippen molar-refractivity contribution in [2.75, 3.05) is 6.54 Å². The Morgan fingerprint density at radius 1 is 1.35 bits per heavy atom. The zero-order valence-electron chi connectivity index (χ0n) is 12.0. The number of ketones is 1. The van der Waals surface area contributed by atoms with Gasteiger partial charge in [-0.15, -0.1) is 0 Å². The van der Waals surface area contributed by atoms with Crippen LogP contribution in [0.5, 0.6) is 0 Å². The molecule has 4 nitrogen and oxygen atoms in total. The highest BCUT2D eigenvalue weighted by Crippen LogP contribution is 2.43. The Hall–Kier alpha value is -1.20. The van der Waals surface area contributed by atoms with E-state index in [0.717, 1.165) is 19.3 Å². The zero-order valence-corrected chi connectivity index (χ0v) is 12.8. The third kappa shape index (κ3) is 3.10. The van der Waals surface area contributed by atoms with Crippen LogP contribution in [0.1, 0.15) is 49.9 Å². The Labute approximate surface area is 120 Å². The molecule has 0 spiro atoms. The van der Waals surface area contributed by atoms with Crippen LogP contribution in [-0.2, 0) is 10.0 Å². The average molecular weight is 295 g/mol. The van der Waals surface area contributed by atoms with E-state index in [2.05, 4.69) is 11.6 Å². The number of hydrogen-bond acceptors (Lipinski definition) is 3. The maximum Gasteiger partial charge on any atom is 0.240 e. The Morgan fingerprint density at radius 2 is 2.05 bits per heavy atom. The molecule has 0 unspecified atom stereocenters. The summed E-state index contributed by atoms with van der Waals surface area (Å²) in [6, 6.07) is 6.18. The Morgan fingerprint density at radius 3 is 2.55 bits per heavy atom. The standard InChI is InChI=1S/C15H21NO3S/c1-3-15(8-5-9-15)11-16-20(18,19)14-7-4-6-13(10-14)12(2)17/h4,6-7,10,16H,3,5,8-9,11H2,1-2H3. The van der Waals surface area contributed by atoms with Crippen molar-refractivity contribution >= 4 is 15.8 Å². The predicted molar refractivity (Wildman–Crippen MR) is 78.2 cm³/mol. The lowest BCUT2D eigenvalue weighted by Gasteiger charge is -2.41. The molecule has 20 heavy (non-hydrogen) atoms. The lowest BCUT2D eigenvalue weighted by molar-refractivity contribution is 0.101. The Bertz CT molecular complexity index is 598. The number of carbonyl (C=O) groups is 1. The van der Waals surface area contributed by atoms with Gasteiger partial charge in [-0.25, -0.2) is 13.1 Å². The lowest BCUT2D eigenvalue weighted by atomic mass is 9.67. The van der Waals surface area contributed by atoms with Gasteiger partial charge in [0.15, 0.2) is 5.78 Å². The van der Waals surface area contributed by atoms with Crippen LogP contribution in [0.15, 0.2) is 29.2 Å². The summed E-state index contributed by atoms with van der Waals surface area (Å²) >= 11 is 0. The maximum atomic E-state index is 12.3. The number of carbonyl (C=O) groups excluding carboxylic acids is 1. The van der Waals surface area contributed by atoms with Gasteiger partial charge >= 0.3 is 0 Å². The second kappa shape index (κ2) is 5.66. The minimum Gasteiger partial charge on any atom is -0.295 e. The molecule has 1 N–H and O–H groups in total. The van der Waals surface area contributed by atoms with E-state index >= 15 is 0 Å². The van der Waals surface area contributed by atoms with Gasteiger partial charge in [-0.1, -0.05) is 25.5 Å². The molecule has 2 rings (SSSR count). The molecule has 1 saturated carbocycles. The van der Waals surface area contributed by atoms with Crippen LogP contribution < -0.4 is 4.72 Å². The number of benzene rings is 1. The van der Waals surface area contributed by atoms with Crippen molar-refractivity contribution in [2.45, 2.75) is 44.4 Å². The smallest absolute Gasteiger partial charge is 0.240 e. The molecular weight excluding hydrogens is 274 g/mol. The number of rotatable bonds is 6. The normalized spacial score (nSPS) is 17.5. The summed E-state index contributed by atoms with van der Waals surface area (Å²) in [5.41, 5.74) is 0.548. The molecule has 0 aliphatic heterocycles. The van der Waals surface area contributed by atoms with Gasteiger partial charge in [-0.05, 0) is 43.7 Å². The van der Waals surface area contributed by atoms with Crippen LogP contribution in [0.3, 0.4) is 0 Å². The van der Waals surface area contributed by atoms with E-state index in [0.29, 0.717) is 12.1 Å². The molecule has 0 atom stereocenters. The zero-order chi connectivity index (χ0) is 14.8. The first-order chi connectivity index (χ1) is 9.38. The third-order valence-corrected chi connectivity index (χ3v) is 5.75. The third-order valence-electron chi connectivity index (χ3n) is 4.35. The van der Waals surface area contributed by atoms with Crippen molar-refractivity contribution < 1.29 is 13.2 Å². The minimum absolute atomic E-state index is 0.130. The fourth-order valence-corrected chi connectivity index (χ4v) is 3.75. The molecule has 1 aromatic rings. The predicted octanol–water partition coefficient (Wildman–Crippen LogP) is 2.75. The summed E-state index contributed by atoms with van der Waals surface area (Å²) in [6.07, 6.45) is 4.33. The molecule has 5 heteroatoms. The van der Waals surface area contributed by atoms with Gasteiger partial charge in [-0.2, -0.15) is 0 Å². The summed E-state index contributed by atoms with van der Waals surface area (Å²) in [4.78, 5) is 11.5. The molecule has 1 aromatic carbocycles. The first-order valence-corrected chi connectivity index (χ1v) is 8.48. The van der Waals surface area contributed by atoms with E-state index in [1.807, 2.05) is 0 Å². The number of hydrogen-bond donors (Lipinski definition) is 1. The Kier molecular flexibility index (Phi) is 4.30. The summed E-state index contributed by atoms with van der Waals surface area (Å²) in [5.74, 6) is -0.133. The molecule has 0 bridgehead atoms. The SMILES string of the molecule is CCC1(CNS(=O)(=O)c2cccc(C(C)=O)c2)CCC1. The second-order valence-corrected chi connectivity index (χ2v) is 7.38. The van der Waals surface area contributed by atoms with E-state index < -0.39 is 10.0 Å². The van der Waals surface area contributed by atoms with E-state index in [9.17, 15) is 13.2 Å². The molecule has 0 saturated heterocycles. The van der Waals surface area contributed by atoms with Crippen molar-refractivity contribution in [3.8, 4) is 0 Å². The fraction of sp³-hybridized carbons (Fsp3) is 0.533. The first kappa shape index (κ1) is 15.2. The van der Waals surface area contributed by atoms with Crippen LogP contribution in [0.4, 0.5) is 0 Å². The summed E-state index contributed by atoms with van der Waals surface area (Å²) in [5, 5.41) is 0. The van der Waals surface area contributed by atoms with Crippen molar-refractivity contribution in [1.82, 2.24) is 4.72 Å². The minimum atomic E-state index is -3.54. The van der Waals surface area contributed by atoms with Crippen LogP contribution in [-0.4, -0.2) is 20.7 Å². The van der Waals surface area contributed by atoms with E-state index in [-0.39, 0.29) is 16.1 Å². The van der Waals surface area contributed by atoms with Gasteiger partial charge in [0, 0.05) is 12.1 Å². The number of nitrogens with one attached hydrogen (secondary N) is 1. The fourth-order valence-electron chi connectivity index (χ4n) is 2.55. The van der Waals surface area contributed by atoms with E-state index in [4.69, 9.17) is 0 Å². The molecule has 0 aromatic heterocycles. The number of sulfonamides is 1. The van der Waals surface area contributed by atoms with Gasteiger partial charge in [0.05, 0.1) is 4.90 Å². The molecule has 0 heterocycles. The summed E-state index contributed by atoms with van der Waals surface area (Å²) in [7, 11) is -3.54. The average Bonchev–Trinajstić information content (AvgIpc) is 2.38. The van der Waals surface area contributed by atoms with E-state index in [1.54, 1.807) is 12.1 Å². The highest BCUT2D eigenvalue weighted by atomic mass is 32.2. The number of Topliss-reactive ketones (excluding diaryl/α,β-unsaturated/α-hetero) is 1. The van der Waals surface area contributed by atoms with Crippen LogP contribution in [0.2, 0.25) is 0 Å². The highest BCUT2D eigenvalue weighted by Gasteiger charge is 2.36. The first-order valence-electron chi connectivity index (χ1n) is 6.99. The van der Waals surface area contributed by atoms with Crippen LogP contribution in [0.25, 0.3) is 0 Å². The van der Waals surface area contributed by atoms with Gasteiger partial charge < -0.3 is 0 Å². The summed E-state index contributed by atoms with van der Waals surface area (Å²) in [6.45, 7) is 4.01. The molecule has 110 valence electrons. The molecule has 1 fully saturated rings. The van der Waals surface area contributed by atoms with Gasteiger partial charge in [-0.3, -0.25) is 4.79 Å². The maximum absolute atomic E-state index is 12.3. The van der Waals surface area contributed by atoms with Gasteiger partial charge in [0.1, 0.15) is 0 Å². The van der Waals surface area contributed by atoms with Gasteiger partial charge in [0.25, 0.3) is 0 Å². The quantitative estimate of drug-likeness (QED) is 0.821. The molecule has 0 amide bonds. The highest BCUT2D eigenvalue weighted by molar-refractivity contribution is 7.89. The van der Waals surface area contributed by atoms with E-state index in [1.165, 1.54) is 25.5 Å². The van der Waals surface area contributed by atoms with Crippen molar-refractivity contribution in [1.29, 1.82) is 0 Å². The monoisotopic (exact) mass is 295 g/mol. The molecule has 1 aliphatic carbocycles. The lowest BCUT2D eigenvalue weighted by Crippen LogP contribution is -2.41. The van der Waals surface area contributed by atoms with Crippen molar-refractivity contribution in [3.63, 3.8) is 0 Å².